The first-order valence-electron chi connectivity index (χ1n) is 3.36. The third kappa shape index (κ3) is 7.14. The Morgan fingerprint density at radius 1 is 1.20 bits per heavy atom. The van der Waals surface area contributed by atoms with Crippen molar-refractivity contribution in [1.82, 2.24) is 4.90 Å². The first-order valence-corrected chi connectivity index (χ1v) is 3.36. The first kappa shape index (κ1) is 9.14. The van der Waals surface area contributed by atoms with E-state index < -0.39 is 0 Å². The van der Waals surface area contributed by atoms with Crippen LogP contribution >= 0.6 is 0 Å². The van der Waals surface area contributed by atoms with Gasteiger partial charge in [-0.25, -0.2) is 0 Å². The normalized spacial score (nSPS) is 12.1. The molecule has 0 saturated heterocycles. The predicted octanol–water partition coefficient (Wildman–Crippen LogP) is 1.22. The Labute approximate surface area is 62.4 Å². The number of nitrogens with zero attached hydrogens (tertiary/aromatic N) is 3. The monoisotopic (exact) mass is 141 g/mol. The summed E-state index contributed by atoms with van der Waals surface area (Å²) >= 11 is 0. The molecule has 0 radical (unpaired) electrons. The molecule has 0 bridgehead atoms. The van der Waals surface area contributed by atoms with Gasteiger partial charge in [-0.3, -0.25) is 0 Å². The van der Waals surface area contributed by atoms with Gasteiger partial charge in [0.2, 0.25) is 0 Å². The molecule has 0 aliphatic heterocycles. The lowest BCUT2D eigenvalue weighted by molar-refractivity contribution is 0.640. The van der Waals surface area contributed by atoms with E-state index >= 15 is 0 Å². The first-order chi connectivity index (χ1) is 4.63. The molecule has 0 amide bonds. The van der Waals surface area contributed by atoms with Crippen LogP contribution in [0.2, 0.25) is 0 Å². The minimum absolute atomic E-state index is 0.472. The summed E-state index contributed by atoms with van der Waals surface area (Å²) in [4.78, 5) is 1.84. The summed E-state index contributed by atoms with van der Waals surface area (Å²) in [5.41, 5.74) is 0. The van der Waals surface area contributed by atoms with Crippen LogP contribution in [0.15, 0.2) is 10.2 Å². The van der Waals surface area contributed by atoms with Crippen LogP contribution in [0.5, 0.6) is 0 Å². The SMILES string of the molecule is CC(C)C=NN=CN(C)C. The Morgan fingerprint density at radius 3 is 2.20 bits per heavy atom. The van der Waals surface area contributed by atoms with E-state index in [2.05, 4.69) is 24.1 Å². The van der Waals surface area contributed by atoms with E-state index in [0.29, 0.717) is 5.92 Å². The minimum atomic E-state index is 0.472. The van der Waals surface area contributed by atoms with Crippen LogP contribution in [-0.4, -0.2) is 31.5 Å². The molecular formula is C7H15N3. The van der Waals surface area contributed by atoms with Gasteiger partial charge in [-0.1, -0.05) is 13.8 Å². The lowest BCUT2D eigenvalue weighted by Crippen LogP contribution is -2.06. The van der Waals surface area contributed by atoms with Gasteiger partial charge < -0.3 is 4.90 Å². The Hall–Kier alpha value is -0.860. The second-order valence-corrected chi connectivity index (χ2v) is 2.70. The summed E-state index contributed by atoms with van der Waals surface area (Å²) in [6.45, 7) is 4.13. The van der Waals surface area contributed by atoms with Gasteiger partial charge in [0.05, 0.1) is 0 Å². The third-order valence-electron chi connectivity index (χ3n) is 0.714. The summed E-state index contributed by atoms with van der Waals surface area (Å²) in [5, 5.41) is 7.60. The number of hydrogen-bond donors (Lipinski definition) is 0. The zero-order chi connectivity index (χ0) is 7.98. The molecule has 0 aliphatic rings. The smallest absolute Gasteiger partial charge is 0.113 e. The van der Waals surface area contributed by atoms with Crippen LogP contribution in [-0.2, 0) is 0 Å². The lowest BCUT2D eigenvalue weighted by Gasteiger charge is -1.98. The Kier molecular flexibility index (Phi) is 4.54. The van der Waals surface area contributed by atoms with Crippen LogP contribution in [0.25, 0.3) is 0 Å². The maximum atomic E-state index is 3.81. The molecule has 0 spiro atoms. The van der Waals surface area contributed by atoms with Crippen LogP contribution in [0.3, 0.4) is 0 Å². The molecular weight excluding hydrogens is 126 g/mol. The molecule has 0 N–H and O–H groups in total. The van der Waals surface area contributed by atoms with E-state index in [9.17, 15) is 0 Å². The second kappa shape index (κ2) is 4.97. The Morgan fingerprint density at radius 2 is 1.80 bits per heavy atom. The van der Waals surface area contributed by atoms with Crippen LogP contribution in [0.1, 0.15) is 13.8 Å². The largest absolute Gasteiger partial charge is 0.367 e. The summed E-state index contributed by atoms with van der Waals surface area (Å²) < 4.78 is 0. The fraction of sp³-hybridized carbons (Fsp3) is 0.714. The minimum Gasteiger partial charge on any atom is -0.367 e. The van der Waals surface area contributed by atoms with Crippen molar-refractivity contribution < 1.29 is 0 Å². The van der Waals surface area contributed by atoms with Crippen molar-refractivity contribution in [2.75, 3.05) is 14.1 Å². The van der Waals surface area contributed by atoms with Gasteiger partial charge in [0.15, 0.2) is 0 Å². The maximum absolute atomic E-state index is 3.81. The highest BCUT2D eigenvalue weighted by Gasteiger charge is 1.81. The highest BCUT2D eigenvalue weighted by Crippen LogP contribution is 1.84. The molecule has 3 heteroatoms. The average Bonchev–Trinajstić information content (AvgIpc) is 1.79. The van der Waals surface area contributed by atoms with Gasteiger partial charge in [-0.2, -0.15) is 5.10 Å². The zero-order valence-electron chi connectivity index (χ0n) is 7.07. The van der Waals surface area contributed by atoms with Crippen LogP contribution in [0.4, 0.5) is 0 Å². The van der Waals surface area contributed by atoms with E-state index in [0.717, 1.165) is 0 Å². The third-order valence-corrected chi connectivity index (χ3v) is 0.714. The zero-order valence-corrected chi connectivity index (χ0v) is 7.07. The van der Waals surface area contributed by atoms with E-state index in [4.69, 9.17) is 0 Å². The van der Waals surface area contributed by atoms with Crippen molar-refractivity contribution in [2.24, 2.45) is 16.1 Å². The summed E-state index contributed by atoms with van der Waals surface area (Å²) in [6, 6.07) is 0. The molecule has 0 atom stereocenters. The quantitative estimate of drug-likeness (QED) is 0.330. The molecule has 0 rings (SSSR count). The van der Waals surface area contributed by atoms with Crippen molar-refractivity contribution in [3.8, 4) is 0 Å². The molecule has 0 aromatic rings. The Balaban J connectivity index is 3.52. The molecule has 58 valence electrons. The summed E-state index contributed by atoms with van der Waals surface area (Å²) in [5.74, 6) is 0.472. The highest BCUT2D eigenvalue weighted by molar-refractivity contribution is 5.61. The molecule has 0 unspecified atom stereocenters. The topological polar surface area (TPSA) is 28.0 Å². The molecule has 10 heavy (non-hydrogen) atoms. The molecule has 0 saturated carbocycles. The summed E-state index contributed by atoms with van der Waals surface area (Å²) in [7, 11) is 3.82. The van der Waals surface area contributed by atoms with Crippen LogP contribution < -0.4 is 0 Å². The fourth-order valence-corrected chi connectivity index (χ4v) is 0.305. The van der Waals surface area contributed by atoms with Gasteiger partial charge in [-0.05, 0) is 5.92 Å². The van der Waals surface area contributed by atoms with Gasteiger partial charge >= 0.3 is 0 Å². The van der Waals surface area contributed by atoms with E-state index in [1.807, 2.05) is 19.0 Å². The second-order valence-electron chi connectivity index (χ2n) is 2.70. The predicted molar refractivity (Wildman–Crippen MR) is 45.5 cm³/mol. The van der Waals surface area contributed by atoms with E-state index in [-0.39, 0.29) is 0 Å². The van der Waals surface area contributed by atoms with Crippen LogP contribution in [0, 0.1) is 5.92 Å². The van der Waals surface area contributed by atoms with Crippen molar-refractivity contribution in [1.29, 1.82) is 0 Å². The van der Waals surface area contributed by atoms with E-state index in [1.54, 1.807) is 12.6 Å². The summed E-state index contributed by atoms with van der Waals surface area (Å²) in [6.07, 6.45) is 3.47. The molecule has 0 heterocycles. The Bertz CT molecular complexity index is 109. The standard InChI is InChI=1S/C7H15N3/c1-7(2)5-8-9-6-10(3)4/h5-7H,1-4H3. The molecule has 0 aliphatic carbocycles. The molecule has 0 fully saturated rings. The molecule has 0 aromatic heterocycles. The van der Waals surface area contributed by atoms with Gasteiger partial charge in [0.1, 0.15) is 6.34 Å². The average molecular weight is 141 g/mol. The molecule has 0 aromatic carbocycles. The van der Waals surface area contributed by atoms with Crippen molar-refractivity contribution in [3.63, 3.8) is 0 Å². The number of hydrogen-bond acceptors (Lipinski definition) is 2. The van der Waals surface area contributed by atoms with Gasteiger partial charge in [0, 0.05) is 20.3 Å². The van der Waals surface area contributed by atoms with Gasteiger partial charge in [0.25, 0.3) is 0 Å². The lowest BCUT2D eigenvalue weighted by atomic mass is 10.3. The van der Waals surface area contributed by atoms with Crippen molar-refractivity contribution >= 4 is 12.6 Å². The molecule has 3 nitrogen and oxygen atoms in total. The van der Waals surface area contributed by atoms with Crippen molar-refractivity contribution in [3.05, 3.63) is 0 Å². The van der Waals surface area contributed by atoms with Crippen molar-refractivity contribution in [2.45, 2.75) is 13.8 Å². The highest BCUT2D eigenvalue weighted by atomic mass is 15.3. The maximum Gasteiger partial charge on any atom is 0.113 e. The van der Waals surface area contributed by atoms with Gasteiger partial charge in [-0.15, -0.1) is 5.10 Å². The number of rotatable bonds is 3. The fourth-order valence-electron chi connectivity index (χ4n) is 0.305. The van der Waals surface area contributed by atoms with E-state index in [1.165, 1.54) is 0 Å².